The van der Waals surface area contributed by atoms with Gasteiger partial charge in [0.15, 0.2) is 0 Å². The number of nitrogens with zero attached hydrogens (tertiary/aromatic N) is 2. The second kappa shape index (κ2) is 5.17. The lowest BCUT2D eigenvalue weighted by molar-refractivity contribution is -0.385. The van der Waals surface area contributed by atoms with E-state index in [1.807, 2.05) is 12.1 Å². The van der Waals surface area contributed by atoms with E-state index in [-0.39, 0.29) is 10.6 Å². The summed E-state index contributed by atoms with van der Waals surface area (Å²) in [6.45, 7) is 3.94. The minimum absolute atomic E-state index is 0.212. The van der Waals surface area contributed by atoms with E-state index in [2.05, 4.69) is 4.90 Å². The molecular weight excluding hydrogens is 216 g/mol. The SMILES string of the molecule is Cc1cc(N2CCCCCC2)ccc1[N+](=O)[O-]. The Morgan fingerprint density at radius 1 is 1.18 bits per heavy atom. The summed E-state index contributed by atoms with van der Waals surface area (Å²) in [6, 6.07) is 5.43. The van der Waals surface area contributed by atoms with Gasteiger partial charge in [0.25, 0.3) is 5.69 Å². The molecule has 0 spiro atoms. The molecule has 1 fully saturated rings. The van der Waals surface area contributed by atoms with Crippen LogP contribution in [0.5, 0.6) is 0 Å². The molecule has 1 aliphatic rings. The summed E-state index contributed by atoms with van der Waals surface area (Å²) in [5.41, 5.74) is 2.08. The van der Waals surface area contributed by atoms with Crippen LogP contribution in [0.25, 0.3) is 0 Å². The molecule has 1 aliphatic heterocycles. The van der Waals surface area contributed by atoms with Gasteiger partial charge in [0.05, 0.1) is 4.92 Å². The first kappa shape index (κ1) is 11.9. The lowest BCUT2D eigenvalue weighted by Crippen LogP contribution is -2.23. The maximum Gasteiger partial charge on any atom is 0.272 e. The van der Waals surface area contributed by atoms with Crippen LogP contribution in [-0.4, -0.2) is 18.0 Å². The third-order valence-corrected chi connectivity index (χ3v) is 3.35. The topological polar surface area (TPSA) is 46.4 Å². The van der Waals surface area contributed by atoms with Crippen molar-refractivity contribution in [3.05, 3.63) is 33.9 Å². The van der Waals surface area contributed by atoms with E-state index in [1.54, 1.807) is 13.0 Å². The van der Waals surface area contributed by atoms with Crippen LogP contribution in [-0.2, 0) is 0 Å². The van der Waals surface area contributed by atoms with E-state index in [9.17, 15) is 10.1 Å². The van der Waals surface area contributed by atoms with E-state index in [4.69, 9.17) is 0 Å². The third-order valence-electron chi connectivity index (χ3n) is 3.35. The number of aryl methyl sites for hydroxylation is 1. The van der Waals surface area contributed by atoms with Crippen molar-refractivity contribution in [3.8, 4) is 0 Å². The summed E-state index contributed by atoms with van der Waals surface area (Å²) < 4.78 is 0. The van der Waals surface area contributed by atoms with Crippen molar-refractivity contribution in [1.82, 2.24) is 0 Å². The number of hydrogen-bond donors (Lipinski definition) is 0. The highest BCUT2D eigenvalue weighted by Crippen LogP contribution is 2.25. The Kier molecular flexibility index (Phi) is 3.61. The first-order valence-electron chi connectivity index (χ1n) is 6.18. The Balaban J connectivity index is 2.21. The average Bonchev–Trinajstić information content (AvgIpc) is 2.56. The molecule has 92 valence electrons. The number of nitro benzene ring substituents is 1. The average molecular weight is 234 g/mol. The highest BCUT2D eigenvalue weighted by molar-refractivity contribution is 5.55. The quantitative estimate of drug-likeness (QED) is 0.582. The molecule has 0 N–H and O–H groups in total. The zero-order chi connectivity index (χ0) is 12.3. The smallest absolute Gasteiger partial charge is 0.272 e. The van der Waals surface area contributed by atoms with Gasteiger partial charge in [-0.2, -0.15) is 0 Å². The molecule has 4 heteroatoms. The molecule has 1 aromatic rings. The highest BCUT2D eigenvalue weighted by atomic mass is 16.6. The van der Waals surface area contributed by atoms with Crippen molar-refractivity contribution >= 4 is 11.4 Å². The maximum atomic E-state index is 10.8. The zero-order valence-electron chi connectivity index (χ0n) is 10.2. The van der Waals surface area contributed by atoms with Crippen LogP contribution in [0.1, 0.15) is 31.2 Å². The molecule has 17 heavy (non-hydrogen) atoms. The van der Waals surface area contributed by atoms with Crippen LogP contribution in [0.15, 0.2) is 18.2 Å². The van der Waals surface area contributed by atoms with Gasteiger partial charge in [-0.15, -0.1) is 0 Å². The second-order valence-electron chi connectivity index (χ2n) is 4.63. The van der Waals surface area contributed by atoms with E-state index >= 15 is 0 Å². The summed E-state index contributed by atoms with van der Waals surface area (Å²) in [6.07, 6.45) is 5.02. The molecule has 0 saturated carbocycles. The molecule has 1 saturated heterocycles. The fourth-order valence-electron chi connectivity index (χ4n) is 2.37. The minimum atomic E-state index is -0.318. The Labute approximate surface area is 101 Å². The van der Waals surface area contributed by atoms with Gasteiger partial charge < -0.3 is 4.90 Å². The van der Waals surface area contributed by atoms with Gasteiger partial charge in [-0.25, -0.2) is 0 Å². The Morgan fingerprint density at radius 3 is 2.35 bits per heavy atom. The lowest BCUT2D eigenvalue weighted by atomic mass is 10.1. The number of anilines is 1. The Hall–Kier alpha value is -1.58. The van der Waals surface area contributed by atoms with E-state index in [0.29, 0.717) is 0 Å². The van der Waals surface area contributed by atoms with Crippen molar-refractivity contribution in [2.45, 2.75) is 32.6 Å². The van der Waals surface area contributed by atoms with Crippen molar-refractivity contribution in [2.24, 2.45) is 0 Å². The van der Waals surface area contributed by atoms with Crippen LogP contribution in [0.3, 0.4) is 0 Å². The second-order valence-corrected chi connectivity index (χ2v) is 4.63. The van der Waals surface area contributed by atoms with Crippen LogP contribution >= 0.6 is 0 Å². The van der Waals surface area contributed by atoms with Gasteiger partial charge in [0, 0.05) is 30.4 Å². The van der Waals surface area contributed by atoms with Gasteiger partial charge in [0.2, 0.25) is 0 Å². The molecule has 0 bridgehead atoms. The van der Waals surface area contributed by atoms with Gasteiger partial charge in [-0.05, 0) is 31.9 Å². The van der Waals surface area contributed by atoms with Crippen molar-refractivity contribution in [3.63, 3.8) is 0 Å². The fourth-order valence-corrected chi connectivity index (χ4v) is 2.37. The molecule has 0 unspecified atom stereocenters. The van der Waals surface area contributed by atoms with Crippen LogP contribution in [0.2, 0.25) is 0 Å². The van der Waals surface area contributed by atoms with E-state index in [1.165, 1.54) is 25.7 Å². The third kappa shape index (κ3) is 2.75. The first-order valence-corrected chi connectivity index (χ1v) is 6.18. The Morgan fingerprint density at radius 2 is 1.82 bits per heavy atom. The van der Waals surface area contributed by atoms with Crippen LogP contribution in [0.4, 0.5) is 11.4 Å². The minimum Gasteiger partial charge on any atom is -0.372 e. The zero-order valence-corrected chi connectivity index (χ0v) is 10.2. The largest absolute Gasteiger partial charge is 0.372 e. The normalized spacial score (nSPS) is 16.6. The molecular formula is C13H18N2O2. The monoisotopic (exact) mass is 234 g/mol. The summed E-state index contributed by atoms with van der Waals surface area (Å²) in [7, 11) is 0. The molecule has 1 aromatic carbocycles. The van der Waals surface area contributed by atoms with E-state index < -0.39 is 0 Å². The van der Waals surface area contributed by atoms with Crippen molar-refractivity contribution in [2.75, 3.05) is 18.0 Å². The summed E-state index contributed by atoms with van der Waals surface area (Å²) in [5, 5.41) is 10.8. The molecule has 2 rings (SSSR count). The number of hydrogen-bond acceptors (Lipinski definition) is 3. The molecule has 4 nitrogen and oxygen atoms in total. The van der Waals surface area contributed by atoms with Crippen molar-refractivity contribution in [1.29, 1.82) is 0 Å². The van der Waals surface area contributed by atoms with Gasteiger partial charge >= 0.3 is 0 Å². The standard InChI is InChI=1S/C13H18N2O2/c1-11-10-12(6-7-13(11)15(16)17)14-8-4-2-3-5-9-14/h6-7,10H,2-5,8-9H2,1H3. The highest BCUT2D eigenvalue weighted by Gasteiger charge is 2.14. The predicted molar refractivity (Wildman–Crippen MR) is 68.5 cm³/mol. The first-order chi connectivity index (χ1) is 8.18. The molecule has 0 aliphatic carbocycles. The van der Waals surface area contributed by atoms with Crippen LogP contribution < -0.4 is 4.90 Å². The fraction of sp³-hybridized carbons (Fsp3) is 0.538. The maximum absolute atomic E-state index is 10.8. The van der Waals surface area contributed by atoms with Gasteiger partial charge in [0.1, 0.15) is 0 Å². The molecule has 0 atom stereocenters. The predicted octanol–water partition coefficient (Wildman–Crippen LogP) is 3.28. The molecule has 0 radical (unpaired) electrons. The summed E-state index contributed by atoms with van der Waals surface area (Å²) >= 11 is 0. The summed E-state index contributed by atoms with van der Waals surface area (Å²) in [4.78, 5) is 12.8. The Bertz CT molecular complexity index is 410. The molecule has 0 aromatic heterocycles. The molecule has 0 amide bonds. The van der Waals surface area contributed by atoms with Crippen LogP contribution in [0, 0.1) is 17.0 Å². The molecule has 1 heterocycles. The lowest BCUT2D eigenvalue weighted by Gasteiger charge is -2.22. The van der Waals surface area contributed by atoms with Crippen molar-refractivity contribution < 1.29 is 4.92 Å². The van der Waals surface area contributed by atoms with E-state index in [0.717, 1.165) is 24.3 Å². The van der Waals surface area contributed by atoms with Gasteiger partial charge in [-0.3, -0.25) is 10.1 Å². The number of rotatable bonds is 2. The number of nitro groups is 1. The number of benzene rings is 1. The van der Waals surface area contributed by atoms with Gasteiger partial charge in [-0.1, -0.05) is 12.8 Å². The summed E-state index contributed by atoms with van der Waals surface area (Å²) in [5.74, 6) is 0.